The standard InChI is InChI=1S/C25H34N2O3S3/c1-19(25(29)30-16-21-11-7-4-8-12-21)27-24(28)22(15-20-9-5-3-6-10-20)17-32-33-18-23(26)13-14-31-2/h3-12,19,22-23H,13-18,26H2,1-2H3,(H,27,28)/t19-,22+,23+/m0/s1. The molecular formula is C25H34N2O3S3. The molecule has 0 aliphatic heterocycles. The van der Waals surface area contributed by atoms with Crippen molar-refractivity contribution < 1.29 is 14.3 Å². The summed E-state index contributed by atoms with van der Waals surface area (Å²) in [5.41, 5.74) is 8.16. The van der Waals surface area contributed by atoms with Gasteiger partial charge in [-0.1, -0.05) is 82.3 Å². The third kappa shape index (κ3) is 11.4. The molecule has 2 aromatic carbocycles. The van der Waals surface area contributed by atoms with Gasteiger partial charge in [0.05, 0.1) is 5.92 Å². The zero-order valence-electron chi connectivity index (χ0n) is 19.3. The third-order valence-electron chi connectivity index (χ3n) is 4.96. The Morgan fingerprint density at radius 3 is 2.21 bits per heavy atom. The fraction of sp³-hybridized carbons (Fsp3) is 0.440. The Kier molecular flexibility index (Phi) is 13.5. The number of thioether (sulfide) groups is 1. The van der Waals surface area contributed by atoms with Crippen LogP contribution < -0.4 is 11.1 Å². The Morgan fingerprint density at radius 2 is 1.58 bits per heavy atom. The average molecular weight is 507 g/mol. The highest BCUT2D eigenvalue weighted by Crippen LogP contribution is 2.27. The summed E-state index contributed by atoms with van der Waals surface area (Å²) in [5.74, 6) is 1.73. The van der Waals surface area contributed by atoms with E-state index in [2.05, 4.69) is 11.6 Å². The summed E-state index contributed by atoms with van der Waals surface area (Å²) in [6, 6.07) is 18.9. The Labute approximate surface area is 209 Å². The first kappa shape index (κ1) is 27.6. The van der Waals surface area contributed by atoms with Gasteiger partial charge in [-0.15, -0.1) is 0 Å². The van der Waals surface area contributed by atoms with Crippen LogP contribution in [0.3, 0.4) is 0 Å². The molecule has 180 valence electrons. The molecule has 0 aliphatic carbocycles. The summed E-state index contributed by atoms with van der Waals surface area (Å²) in [5, 5.41) is 2.85. The summed E-state index contributed by atoms with van der Waals surface area (Å²) < 4.78 is 5.37. The molecule has 3 atom stereocenters. The van der Waals surface area contributed by atoms with Crippen molar-refractivity contribution in [3.8, 4) is 0 Å². The molecule has 0 saturated carbocycles. The maximum Gasteiger partial charge on any atom is 0.328 e. The van der Waals surface area contributed by atoms with Gasteiger partial charge in [0.2, 0.25) is 5.91 Å². The van der Waals surface area contributed by atoms with Gasteiger partial charge in [0.15, 0.2) is 0 Å². The highest BCUT2D eigenvalue weighted by atomic mass is 33.1. The van der Waals surface area contributed by atoms with Crippen LogP contribution >= 0.6 is 33.3 Å². The zero-order chi connectivity index (χ0) is 23.9. The number of hydrogen-bond acceptors (Lipinski definition) is 7. The van der Waals surface area contributed by atoms with Crippen LogP contribution in [-0.4, -0.2) is 47.5 Å². The highest BCUT2D eigenvalue weighted by molar-refractivity contribution is 8.76. The van der Waals surface area contributed by atoms with E-state index < -0.39 is 12.0 Å². The van der Waals surface area contributed by atoms with Gasteiger partial charge in [0.1, 0.15) is 12.6 Å². The number of nitrogens with one attached hydrogen (secondary N) is 1. The van der Waals surface area contributed by atoms with Gasteiger partial charge in [-0.2, -0.15) is 11.8 Å². The number of carbonyl (C=O) groups is 2. The molecule has 0 aliphatic rings. The fourth-order valence-electron chi connectivity index (χ4n) is 2.99. The van der Waals surface area contributed by atoms with E-state index in [9.17, 15) is 9.59 Å². The second-order valence-electron chi connectivity index (χ2n) is 7.82. The second-order valence-corrected chi connectivity index (χ2v) is 11.4. The number of benzene rings is 2. The minimum absolute atomic E-state index is 0.136. The van der Waals surface area contributed by atoms with Gasteiger partial charge >= 0.3 is 5.97 Å². The van der Waals surface area contributed by atoms with E-state index in [-0.39, 0.29) is 24.5 Å². The zero-order valence-corrected chi connectivity index (χ0v) is 21.7. The molecule has 2 rings (SSSR count). The largest absolute Gasteiger partial charge is 0.459 e. The van der Waals surface area contributed by atoms with E-state index in [0.717, 1.165) is 29.1 Å². The van der Waals surface area contributed by atoms with Crippen LogP contribution in [0.15, 0.2) is 60.7 Å². The van der Waals surface area contributed by atoms with Gasteiger partial charge in [-0.3, -0.25) is 4.79 Å². The van der Waals surface area contributed by atoms with Crippen molar-refractivity contribution in [3.63, 3.8) is 0 Å². The van der Waals surface area contributed by atoms with Crippen molar-refractivity contribution in [1.82, 2.24) is 5.32 Å². The van der Waals surface area contributed by atoms with Gasteiger partial charge in [-0.25, -0.2) is 4.79 Å². The molecule has 3 N–H and O–H groups in total. The third-order valence-corrected chi connectivity index (χ3v) is 8.19. The molecule has 0 saturated heterocycles. The maximum absolute atomic E-state index is 13.0. The molecule has 33 heavy (non-hydrogen) atoms. The van der Waals surface area contributed by atoms with Gasteiger partial charge in [0, 0.05) is 17.5 Å². The molecule has 2 aromatic rings. The molecule has 0 bridgehead atoms. The Morgan fingerprint density at radius 1 is 0.970 bits per heavy atom. The van der Waals surface area contributed by atoms with Crippen molar-refractivity contribution in [3.05, 3.63) is 71.8 Å². The minimum atomic E-state index is -0.711. The van der Waals surface area contributed by atoms with Crippen molar-refractivity contribution in [2.45, 2.75) is 38.5 Å². The van der Waals surface area contributed by atoms with Crippen LogP contribution in [0.5, 0.6) is 0 Å². The van der Waals surface area contributed by atoms with Crippen molar-refractivity contribution in [1.29, 1.82) is 0 Å². The number of nitrogens with two attached hydrogens (primary N) is 1. The molecule has 0 heterocycles. The summed E-state index contributed by atoms with van der Waals surface area (Å²) in [6.07, 6.45) is 3.69. The number of hydrogen-bond donors (Lipinski definition) is 2. The molecule has 1 amide bonds. The van der Waals surface area contributed by atoms with Gasteiger partial charge in [-0.05, 0) is 42.9 Å². The lowest BCUT2D eigenvalue weighted by atomic mass is 10.00. The van der Waals surface area contributed by atoms with E-state index in [1.54, 1.807) is 40.3 Å². The Hall–Kier alpha value is -1.61. The molecule has 0 spiro atoms. The van der Waals surface area contributed by atoms with E-state index in [1.807, 2.05) is 60.7 Å². The van der Waals surface area contributed by atoms with Crippen LogP contribution in [0.4, 0.5) is 0 Å². The molecular weight excluding hydrogens is 472 g/mol. The normalized spacial score (nSPS) is 13.7. The monoisotopic (exact) mass is 506 g/mol. The summed E-state index contributed by atoms with van der Waals surface area (Å²) >= 11 is 1.80. The van der Waals surface area contributed by atoms with Crippen molar-refractivity contribution in [2.75, 3.05) is 23.5 Å². The predicted molar refractivity (Wildman–Crippen MR) is 143 cm³/mol. The van der Waals surface area contributed by atoms with Crippen LogP contribution in [0.1, 0.15) is 24.5 Å². The lowest BCUT2D eigenvalue weighted by molar-refractivity contribution is -0.148. The van der Waals surface area contributed by atoms with Gasteiger partial charge < -0.3 is 15.8 Å². The fourth-order valence-corrected chi connectivity index (χ4v) is 6.09. The van der Waals surface area contributed by atoms with Crippen LogP contribution in [0.2, 0.25) is 0 Å². The first-order chi connectivity index (χ1) is 16.0. The van der Waals surface area contributed by atoms with E-state index in [4.69, 9.17) is 10.5 Å². The summed E-state index contributed by atoms with van der Waals surface area (Å²) in [4.78, 5) is 25.4. The smallest absolute Gasteiger partial charge is 0.328 e. The quantitative estimate of drug-likeness (QED) is 0.208. The van der Waals surface area contributed by atoms with E-state index >= 15 is 0 Å². The summed E-state index contributed by atoms with van der Waals surface area (Å²) in [7, 11) is 3.38. The second kappa shape index (κ2) is 16.1. The maximum atomic E-state index is 13.0. The van der Waals surface area contributed by atoms with Crippen molar-refractivity contribution >= 4 is 45.2 Å². The number of carbonyl (C=O) groups excluding carboxylic acids is 2. The number of amides is 1. The first-order valence-corrected chi connectivity index (χ1v) is 14.9. The Balaban J connectivity index is 1.86. The number of esters is 1. The number of rotatable bonds is 15. The van der Waals surface area contributed by atoms with Gasteiger partial charge in [0.25, 0.3) is 0 Å². The molecule has 0 radical (unpaired) electrons. The molecule has 0 aromatic heterocycles. The molecule has 5 nitrogen and oxygen atoms in total. The SMILES string of the molecule is CSCC[C@@H](N)CSSC[C@@H](Cc1ccccc1)C(=O)N[C@@H](C)C(=O)OCc1ccccc1. The Bertz CT molecular complexity index is 824. The van der Waals surface area contributed by atoms with E-state index in [0.29, 0.717) is 12.2 Å². The molecule has 0 fully saturated rings. The predicted octanol–water partition coefficient (Wildman–Crippen LogP) is 4.56. The van der Waals surface area contributed by atoms with Crippen LogP contribution in [0.25, 0.3) is 0 Å². The molecule has 0 unspecified atom stereocenters. The highest BCUT2D eigenvalue weighted by Gasteiger charge is 2.24. The van der Waals surface area contributed by atoms with Crippen LogP contribution in [-0.2, 0) is 27.4 Å². The van der Waals surface area contributed by atoms with Crippen LogP contribution in [0, 0.1) is 5.92 Å². The minimum Gasteiger partial charge on any atom is -0.459 e. The summed E-state index contributed by atoms with van der Waals surface area (Å²) in [6.45, 7) is 1.86. The lowest BCUT2D eigenvalue weighted by Gasteiger charge is -2.20. The van der Waals surface area contributed by atoms with Crippen molar-refractivity contribution in [2.24, 2.45) is 11.7 Å². The first-order valence-electron chi connectivity index (χ1n) is 11.0. The number of ether oxygens (including phenoxy) is 1. The molecule has 8 heteroatoms. The topological polar surface area (TPSA) is 81.4 Å². The average Bonchev–Trinajstić information content (AvgIpc) is 2.84. The van der Waals surface area contributed by atoms with E-state index in [1.165, 1.54) is 0 Å². The lowest BCUT2D eigenvalue weighted by Crippen LogP contribution is -2.43.